The number of carbonyl (C=O) groups excluding carboxylic acids is 1. The zero-order valence-electron chi connectivity index (χ0n) is 18.2. The maximum absolute atomic E-state index is 12.8. The zero-order chi connectivity index (χ0) is 22.0. The van der Waals surface area contributed by atoms with Crippen molar-refractivity contribution >= 4 is 23.3 Å². The number of halogens is 1. The van der Waals surface area contributed by atoms with Gasteiger partial charge in [0.05, 0.1) is 0 Å². The van der Waals surface area contributed by atoms with Crippen LogP contribution in [0.2, 0.25) is 5.02 Å². The van der Waals surface area contributed by atoms with Crippen molar-refractivity contribution in [3.63, 3.8) is 0 Å². The predicted octanol–water partition coefficient (Wildman–Crippen LogP) is 4.94. The summed E-state index contributed by atoms with van der Waals surface area (Å²) in [7, 11) is 0. The van der Waals surface area contributed by atoms with E-state index in [4.69, 9.17) is 21.6 Å². The summed E-state index contributed by atoms with van der Waals surface area (Å²) in [5, 5.41) is 0.636. The molecule has 1 fully saturated rings. The van der Waals surface area contributed by atoms with E-state index in [1.165, 1.54) is 11.1 Å². The fourth-order valence-electron chi connectivity index (χ4n) is 4.07. The van der Waals surface area contributed by atoms with Crippen LogP contribution in [0.4, 0.5) is 5.82 Å². The lowest BCUT2D eigenvalue weighted by atomic mass is 10.1. The van der Waals surface area contributed by atoms with Gasteiger partial charge in [0.25, 0.3) is 5.91 Å². The van der Waals surface area contributed by atoms with Crippen molar-refractivity contribution < 1.29 is 4.79 Å². The van der Waals surface area contributed by atoms with E-state index in [1.54, 1.807) is 24.3 Å². The van der Waals surface area contributed by atoms with Gasteiger partial charge in [-0.25, -0.2) is 9.97 Å². The van der Waals surface area contributed by atoms with Gasteiger partial charge in [-0.15, -0.1) is 0 Å². The number of benzene rings is 2. The second kappa shape index (κ2) is 9.06. The highest BCUT2D eigenvalue weighted by atomic mass is 35.5. The highest BCUT2D eigenvalue weighted by molar-refractivity contribution is 6.30. The first-order chi connectivity index (χ1) is 15.0. The number of amides is 1. The molecule has 2 aromatic carbocycles. The summed E-state index contributed by atoms with van der Waals surface area (Å²) >= 11 is 5.95. The van der Waals surface area contributed by atoms with Crippen molar-refractivity contribution in [1.82, 2.24) is 14.9 Å². The monoisotopic (exact) mass is 434 g/mol. The molecule has 5 nitrogen and oxygen atoms in total. The summed E-state index contributed by atoms with van der Waals surface area (Å²) in [5.74, 6) is 1.80. The Bertz CT molecular complexity index is 1090. The fraction of sp³-hybridized carbons (Fsp3) is 0.320. The van der Waals surface area contributed by atoms with E-state index < -0.39 is 0 Å². The molecule has 31 heavy (non-hydrogen) atoms. The first kappa shape index (κ1) is 21.3. The molecule has 2 heterocycles. The predicted molar refractivity (Wildman–Crippen MR) is 126 cm³/mol. The van der Waals surface area contributed by atoms with Gasteiger partial charge in [-0.1, -0.05) is 42.3 Å². The molecule has 0 saturated carbocycles. The van der Waals surface area contributed by atoms with E-state index in [0.717, 1.165) is 42.4 Å². The number of piperazine rings is 1. The van der Waals surface area contributed by atoms with Crippen LogP contribution in [0, 0.1) is 13.8 Å². The van der Waals surface area contributed by atoms with Gasteiger partial charge in [0.2, 0.25) is 0 Å². The molecule has 0 spiro atoms. The number of hydrogen-bond acceptors (Lipinski definition) is 4. The van der Waals surface area contributed by atoms with E-state index >= 15 is 0 Å². The normalized spacial score (nSPS) is 14.1. The Morgan fingerprint density at radius 3 is 2.35 bits per heavy atom. The Balaban J connectivity index is 1.56. The lowest BCUT2D eigenvalue weighted by molar-refractivity contribution is 0.0746. The van der Waals surface area contributed by atoms with E-state index in [0.29, 0.717) is 23.7 Å². The third kappa shape index (κ3) is 4.57. The summed E-state index contributed by atoms with van der Waals surface area (Å²) < 4.78 is 0. The number of anilines is 1. The molecule has 0 bridgehead atoms. The lowest BCUT2D eigenvalue weighted by Crippen LogP contribution is -2.49. The third-order valence-electron chi connectivity index (χ3n) is 5.78. The minimum absolute atomic E-state index is 0.0475. The minimum atomic E-state index is 0.0475. The molecular weight excluding hydrogens is 408 g/mol. The number of rotatable bonds is 4. The van der Waals surface area contributed by atoms with E-state index in [2.05, 4.69) is 43.9 Å². The number of carbonyl (C=O) groups is 1. The minimum Gasteiger partial charge on any atom is -0.353 e. The van der Waals surface area contributed by atoms with Gasteiger partial charge in [-0.05, 0) is 50.6 Å². The van der Waals surface area contributed by atoms with Gasteiger partial charge in [-0.3, -0.25) is 4.79 Å². The van der Waals surface area contributed by atoms with E-state index in [9.17, 15) is 4.79 Å². The first-order valence-electron chi connectivity index (χ1n) is 10.7. The van der Waals surface area contributed by atoms with Gasteiger partial charge >= 0.3 is 0 Å². The average Bonchev–Trinajstić information content (AvgIpc) is 2.78. The standard InChI is InChI=1S/C25H27ClN4O/c1-4-22-18(3)27-23(20-7-5-6-17(2)16-20)28-24(22)29-12-14-30(15-13-29)25(31)19-8-10-21(26)11-9-19/h5-11,16H,4,12-15H2,1-3H3. The average molecular weight is 435 g/mol. The van der Waals surface area contributed by atoms with Gasteiger partial charge < -0.3 is 9.80 Å². The molecule has 0 atom stereocenters. The van der Waals surface area contributed by atoms with Crippen molar-refractivity contribution in [1.29, 1.82) is 0 Å². The maximum Gasteiger partial charge on any atom is 0.253 e. The Morgan fingerprint density at radius 1 is 1.00 bits per heavy atom. The Labute approximate surface area is 188 Å². The van der Waals surface area contributed by atoms with Gasteiger partial charge in [0, 0.05) is 53.6 Å². The fourth-order valence-corrected chi connectivity index (χ4v) is 4.19. The van der Waals surface area contributed by atoms with Crippen molar-refractivity contribution in [2.24, 2.45) is 0 Å². The van der Waals surface area contributed by atoms with E-state index in [-0.39, 0.29) is 5.91 Å². The van der Waals surface area contributed by atoms with Crippen LogP contribution in [-0.4, -0.2) is 47.0 Å². The van der Waals surface area contributed by atoms with Crippen LogP contribution in [-0.2, 0) is 6.42 Å². The molecule has 6 heteroatoms. The smallest absolute Gasteiger partial charge is 0.253 e. The molecule has 0 radical (unpaired) electrons. The highest BCUT2D eigenvalue weighted by Crippen LogP contribution is 2.27. The number of nitrogens with zero attached hydrogens (tertiary/aromatic N) is 4. The van der Waals surface area contributed by atoms with Crippen LogP contribution >= 0.6 is 11.6 Å². The SMILES string of the molecule is CCc1c(C)nc(-c2cccc(C)c2)nc1N1CCN(C(=O)c2ccc(Cl)cc2)CC1. The summed E-state index contributed by atoms with van der Waals surface area (Å²) in [6.07, 6.45) is 0.874. The topological polar surface area (TPSA) is 49.3 Å². The van der Waals surface area contributed by atoms with Gasteiger partial charge in [0.1, 0.15) is 5.82 Å². The Kier molecular flexibility index (Phi) is 6.23. The molecule has 1 amide bonds. The maximum atomic E-state index is 12.8. The molecular formula is C25H27ClN4O. The lowest BCUT2D eigenvalue weighted by Gasteiger charge is -2.36. The quantitative estimate of drug-likeness (QED) is 0.583. The molecule has 1 aliphatic rings. The van der Waals surface area contributed by atoms with Crippen LogP contribution in [0.3, 0.4) is 0 Å². The second-order valence-corrected chi connectivity index (χ2v) is 8.38. The molecule has 1 aliphatic heterocycles. The molecule has 0 unspecified atom stereocenters. The summed E-state index contributed by atoms with van der Waals surface area (Å²) in [4.78, 5) is 26.8. The summed E-state index contributed by atoms with van der Waals surface area (Å²) in [6, 6.07) is 15.4. The summed E-state index contributed by atoms with van der Waals surface area (Å²) in [5.41, 5.74) is 5.09. The van der Waals surface area contributed by atoms with E-state index in [1.807, 2.05) is 11.0 Å². The Hall–Kier alpha value is -2.92. The molecule has 4 rings (SSSR count). The molecule has 1 saturated heterocycles. The van der Waals surface area contributed by atoms with Crippen LogP contribution < -0.4 is 4.90 Å². The van der Waals surface area contributed by atoms with Crippen molar-refractivity contribution in [3.05, 3.63) is 75.9 Å². The van der Waals surface area contributed by atoms with Crippen LogP contribution in [0.1, 0.15) is 34.1 Å². The largest absolute Gasteiger partial charge is 0.353 e. The van der Waals surface area contributed by atoms with Gasteiger partial charge in [0.15, 0.2) is 5.82 Å². The first-order valence-corrected chi connectivity index (χ1v) is 11.1. The molecule has 0 N–H and O–H groups in total. The van der Waals surface area contributed by atoms with Crippen LogP contribution in [0.25, 0.3) is 11.4 Å². The second-order valence-electron chi connectivity index (χ2n) is 7.94. The van der Waals surface area contributed by atoms with Crippen LogP contribution in [0.15, 0.2) is 48.5 Å². The van der Waals surface area contributed by atoms with Crippen molar-refractivity contribution in [2.75, 3.05) is 31.1 Å². The molecule has 3 aromatic rings. The number of hydrogen-bond donors (Lipinski definition) is 0. The molecule has 0 aliphatic carbocycles. The molecule has 160 valence electrons. The highest BCUT2D eigenvalue weighted by Gasteiger charge is 2.25. The third-order valence-corrected chi connectivity index (χ3v) is 6.03. The summed E-state index contributed by atoms with van der Waals surface area (Å²) in [6.45, 7) is 9.09. The molecule has 1 aromatic heterocycles. The zero-order valence-corrected chi connectivity index (χ0v) is 19.0. The van der Waals surface area contributed by atoms with Gasteiger partial charge in [-0.2, -0.15) is 0 Å². The number of aromatic nitrogens is 2. The Morgan fingerprint density at radius 2 is 1.71 bits per heavy atom. The van der Waals surface area contributed by atoms with Crippen LogP contribution in [0.5, 0.6) is 0 Å². The van der Waals surface area contributed by atoms with Crippen molar-refractivity contribution in [3.8, 4) is 11.4 Å². The van der Waals surface area contributed by atoms with Crippen molar-refractivity contribution in [2.45, 2.75) is 27.2 Å². The number of aryl methyl sites for hydroxylation is 2.